The van der Waals surface area contributed by atoms with Crippen LogP contribution in [0.25, 0.3) is 21.9 Å². The molecule has 0 unspecified atom stereocenters. The second kappa shape index (κ2) is 11.8. The van der Waals surface area contributed by atoms with Gasteiger partial charge in [0.1, 0.15) is 5.58 Å². The third kappa shape index (κ3) is 4.50. The lowest BCUT2D eigenvalue weighted by Gasteiger charge is -2.44. The van der Waals surface area contributed by atoms with Crippen molar-refractivity contribution in [3.05, 3.63) is 194 Å². The van der Waals surface area contributed by atoms with Crippen LogP contribution in [0.5, 0.6) is 0 Å². The Morgan fingerprint density at radius 1 is 0.415 bits per heavy atom. The summed E-state index contributed by atoms with van der Waals surface area (Å²) in [4.78, 5) is 7.22. The first-order valence-corrected chi connectivity index (χ1v) is 18.1. The number of fused-ring (bicyclic) bond motifs is 7. The highest BCUT2D eigenvalue weighted by atomic mass is 16.3. The number of furan rings is 1. The zero-order valence-corrected chi connectivity index (χ0v) is 28.8. The summed E-state index contributed by atoms with van der Waals surface area (Å²) in [5.74, 6) is 0. The topological polar surface area (TPSA) is 22.9 Å². The van der Waals surface area contributed by atoms with Gasteiger partial charge in [0.05, 0.1) is 5.69 Å². The van der Waals surface area contributed by atoms with Crippen molar-refractivity contribution >= 4 is 96.2 Å². The molecule has 248 valence electrons. The van der Waals surface area contributed by atoms with E-state index < -0.39 is 0 Å². The molecule has 11 rings (SSSR count). The average molecular weight is 678 g/mol. The van der Waals surface area contributed by atoms with E-state index in [1.165, 1.54) is 33.5 Å². The third-order valence-corrected chi connectivity index (χ3v) is 10.8. The van der Waals surface area contributed by atoms with Gasteiger partial charge in [-0.2, -0.15) is 0 Å². The molecule has 4 nitrogen and oxygen atoms in total. The normalized spacial score (nSPS) is 12.8. The van der Waals surface area contributed by atoms with Gasteiger partial charge in [-0.05, 0) is 95.3 Å². The Balaban J connectivity index is 1.18. The molecule has 0 bridgehead atoms. The maximum absolute atomic E-state index is 6.64. The number of rotatable bonds is 5. The van der Waals surface area contributed by atoms with E-state index in [1.807, 2.05) is 6.07 Å². The molecule has 9 aromatic rings. The Morgan fingerprint density at radius 2 is 0.981 bits per heavy atom. The third-order valence-electron chi connectivity index (χ3n) is 10.8. The standard InChI is InChI=1S/C48H32BN3O/c1-4-16-33(17-5-1)50(44-28-14-23-38-37-22-10-13-29-46(37)53-48(38)44)36-30-31-40-45(32-36)52(35-20-8-3-9-21-35)43-27-15-26-42-47(43)49(40)39-24-11-12-25-41(39)51(42)34-18-6-2-7-19-34/h1-32H. The fraction of sp³-hybridized carbons (Fsp3) is 0. The summed E-state index contributed by atoms with van der Waals surface area (Å²) >= 11 is 0. The van der Waals surface area contributed by atoms with Crippen molar-refractivity contribution in [2.45, 2.75) is 0 Å². The molecule has 1 aromatic heterocycles. The van der Waals surface area contributed by atoms with Crippen LogP contribution in [0.4, 0.5) is 51.2 Å². The van der Waals surface area contributed by atoms with E-state index in [1.54, 1.807) is 0 Å². The summed E-state index contributed by atoms with van der Waals surface area (Å²) in [6.45, 7) is 0.0466. The number of anilines is 9. The number of hydrogen-bond donors (Lipinski definition) is 0. The number of benzene rings is 8. The molecule has 0 N–H and O–H groups in total. The highest BCUT2D eigenvalue weighted by Crippen LogP contribution is 2.47. The molecule has 2 aliphatic rings. The molecule has 2 aliphatic heterocycles. The summed E-state index contributed by atoms with van der Waals surface area (Å²) < 4.78 is 6.64. The zero-order valence-electron chi connectivity index (χ0n) is 28.8. The number of hydrogen-bond acceptors (Lipinski definition) is 4. The van der Waals surface area contributed by atoms with E-state index in [9.17, 15) is 0 Å². The highest BCUT2D eigenvalue weighted by molar-refractivity contribution is 7.00. The van der Waals surface area contributed by atoms with Crippen molar-refractivity contribution in [2.24, 2.45) is 0 Å². The van der Waals surface area contributed by atoms with Crippen molar-refractivity contribution in [1.29, 1.82) is 0 Å². The van der Waals surface area contributed by atoms with Crippen LogP contribution in [0.3, 0.4) is 0 Å². The van der Waals surface area contributed by atoms with E-state index in [-0.39, 0.29) is 6.71 Å². The number of nitrogens with zero attached hydrogens (tertiary/aromatic N) is 3. The molecule has 0 spiro atoms. The van der Waals surface area contributed by atoms with Crippen LogP contribution in [0, 0.1) is 0 Å². The van der Waals surface area contributed by atoms with Crippen LogP contribution < -0.4 is 31.1 Å². The molecular weight excluding hydrogens is 645 g/mol. The Morgan fingerprint density at radius 3 is 1.74 bits per heavy atom. The fourth-order valence-electron chi connectivity index (χ4n) is 8.63. The molecule has 0 saturated heterocycles. The van der Waals surface area contributed by atoms with Crippen LogP contribution in [0.15, 0.2) is 199 Å². The van der Waals surface area contributed by atoms with E-state index in [2.05, 4.69) is 203 Å². The predicted molar refractivity (Wildman–Crippen MR) is 222 cm³/mol. The van der Waals surface area contributed by atoms with Gasteiger partial charge in [0.25, 0.3) is 6.71 Å². The molecule has 5 heteroatoms. The Kier molecular flexibility index (Phi) is 6.61. The van der Waals surface area contributed by atoms with Gasteiger partial charge in [0.2, 0.25) is 0 Å². The minimum atomic E-state index is 0.0466. The highest BCUT2D eigenvalue weighted by Gasteiger charge is 2.43. The summed E-state index contributed by atoms with van der Waals surface area (Å²) in [6, 6.07) is 69.6. The van der Waals surface area contributed by atoms with Crippen molar-refractivity contribution in [3.63, 3.8) is 0 Å². The molecule has 8 aromatic carbocycles. The maximum Gasteiger partial charge on any atom is 0.252 e. The van der Waals surface area contributed by atoms with Gasteiger partial charge >= 0.3 is 0 Å². The molecule has 0 radical (unpaired) electrons. The van der Waals surface area contributed by atoms with E-state index in [0.29, 0.717) is 0 Å². The molecule has 0 saturated carbocycles. The first-order valence-electron chi connectivity index (χ1n) is 18.1. The summed E-state index contributed by atoms with van der Waals surface area (Å²) in [5.41, 5.74) is 15.8. The Labute approximate surface area is 308 Å². The van der Waals surface area contributed by atoms with Gasteiger partial charge in [-0.1, -0.05) is 115 Å². The lowest BCUT2D eigenvalue weighted by Crippen LogP contribution is -2.61. The minimum Gasteiger partial charge on any atom is -0.454 e. The monoisotopic (exact) mass is 677 g/mol. The largest absolute Gasteiger partial charge is 0.454 e. The smallest absolute Gasteiger partial charge is 0.252 e. The predicted octanol–water partition coefficient (Wildman–Crippen LogP) is 11.1. The van der Waals surface area contributed by atoms with Crippen LogP contribution in [0.2, 0.25) is 0 Å². The van der Waals surface area contributed by atoms with Crippen LogP contribution in [-0.2, 0) is 0 Å². The zero-order chi connectivity index (χ0) is 34.9. The van der Waals surface area contributed by atoms with Crippen molar-refractivity contribution in [3.8, 4) is 0 Å². The number of para-hydroxylation sites is 6. The van der Waals surface area contributed by atoms with Crippen molar-refractivity contribution in [2.75, 3.05) is 14.7 Å². The molecule has 0 fully saturated rings. The first-order chi connectivity index (χ1) is 26.3. The van der Waals surface area contributed by atoms with E-state index in [4.69, 9.17) is 4.42 Å². The summed E-state index contributed by atoms with van der Waals surface area (Å²) in [6.07, 6.45) is 0. The average Bonchev–Trinajstić information content (AvgIpc) is 3.61. The van der Waals surface area contributed by atoms with Crippen LogP contribution in [0.1, 0.15) is 0 Å². The van der Waals surface area contributed by atoms with Gasteiger partial charge < -0.3 is 19.1 Å². The quantitative estimate of drug-likeness (QED) is 0.169. The minimum absolute atomic E-state index is 0.0466. The molecule has 0 aliphatic carbocycles. The maximum atomic E-state index is 6.64. The van der Waals surface area contributed by atoms with Crippen LogP contribution >= 0.6 is 0 Å². The van der Waals surface area contributed by atoms with Gasteiger partial charge in [-0.15, -0.1) is 0 Å². The molecular formula is C48H32BN3O. The van der Waals surface area contributed by atoms with Gasteiger partial charge in [-0.3, -0.25) is 0 Å². The second-order valence-electron chi connectivity index (χ2n) is 13.7. The lowest BCUT2D eigenvalue weighted by molar-refractivity contribution is 0.669. The Hall–Kier alpha value is -6.98. The van der Waals surface area contributed by atoms with E-state index in [0.717, 1.165) is 56.1 Å². The van der Waals surface area contributed by atoms with E-state index >= 15 is 0 Å². The first kappa shape index (κ1) is 29.7. The molecule has 3 heterocycles. The molecule has 0 amide bonds. The SMILES string of the molecule is c1ccc(N2c3ccccc3B3c4ccc(N(c5ccccc5)c5cccc6c5oc5ccccc56)cc4N(c4ccccc4)c4cccc2c43)cc1. The fourth-order valence-corrected chi connectivity index (χ4v) is 8.63. The van der Waals surface area contributed by atoms with Crippen molar-refractivity contribution in [1.82, 2.24) is 0 Å². The second-order valence-corrected chi connectivity index (χ2v) is 13.7. The van der Waals surface area contributed by atoms with Gasteiger partial charge in [-0.25, -0.2) is 0 Å². The van der Waals surface area contributed by atoms with Gasteiger partial charge in [0, 0.05) is 56.3 Å². The Bertz CT molecular complexity index is 2820. The lowest BCUT2D eigenvalue weighted by atomic mass is 9.33. The van der Waals surface area contributed by atoms with Gasteiger partial charge in [0.15, 0.2) is 5.58 Å². The van der Waals surface area contributed by atoms with Crippen molar-refractivity contribution < 1.29 is 4.42 Å². The summed E-state index contributed by atoms with van der Waals surface area (Å²) in [7, 11) is 0. The summed E-state index contributed by atoms with van der Waals surface area (Å²) in [5, 5.41) is 2.22. The van der Waals surface area contributed by atoms with Crippen LogP contribution in [-0.4, -0.2) is 6.71 Å². The molecule has 0 atom stereocenters. The molecule has 53 heavy (non-hydrogen) atoms.